The Morgan fingerprint density at radius 2 is 1.86 bits per heavy atom. The molecule has 2 aliphatic rings. The number of rotatable bonds is 10. The van der Waals surface area contributed by atoms with Crippen LogP contribution in [0.3, 0.4) is 0 Å². The third-order valence-corrected chi connectivity index (χ3v) is 8.20. The van der Waals surface area contributed by atoms with Crippen LogP contribution in [0.1, 0.15) is 70.0 Å². The minimum atomic E-state index is -0.475. The number of esters is 1. The number of aromatic nitrogens is 4. The Kier molecular flexibility index (Phi) is 8.44. The third kappa shape index (κ3) is 6.42. The van der Waals surface area contributed by atoms with Gasteiger partial charge in [-0.15, -0.1) is 0 Å². The van der Waals surface area contributed by atoms with Crippen molar-refractivity contribution in [3.63, 3.8) is 0 Å². The van der Waals surface area contributed by atoms with Crippen LogP contribution in [0.4, 0.5) is 4.39 Å². The maximum Gasteiger partial charge on any atom is 0.356 e. The third-order valence-electron chi connectivity index (χ3n) is 8.20. The molecule has 1 unspecified atom stereocenters. The molecule has 10 nitrogen and oxygen atoms in total. The zero-order valence-corrected chi connectivity index (χ0v) is 24.3. The monoisotopic (exact) mass is 587 g/mol. The van der Waals surface area contributed by atoms with Crippen molar-refractivity contribution in [3.05, 3.63) is 82.7 Å². The van der Waals surface area contributed by atoms with E-state index in [-0.39, 0.29) is 30.1 Å². The van der Waals surface area contributed by atoms with Gasteiger partial charge in [-0.25, -0.2) is 24.1 Å². The van der Waals surface area contributed by atoms with Crippen LogP contribution in [0.2, 0.25) is 0 Å². The van der Waals surface area contributed by atoms with Crippen LogP contribution < -0.4 is 4.74 Å². The highest BCUT2D eigenvalue weighted by molar-refractivity contribution is 5.94. The molecule has 11 heteroatoms. The molecule has 0 radical (unpaired) electrons. The van der Waals surface area contributed by atoms with Crippen molar-refractivity contribution in [2.45, 2.75) is 57.9 Å². The Labute approximate surface area is 248 Å². The highest BCUT2D eigenvalue weighted by atomic mass is 19.1. The van der Waals surface area contributed by atoms with Crippen molar-refractivity contribution in [1.29, 1.82) is 0 Å². The molecule has 2 aliphatic heterocycles. The topological polar surface area (TPSA) is 109 Å². The van der Waals surface area contributed by atoms with E-state index in [1.165, 1.54) is 20.1 Å². The lowest BCUT2D eigenvalue weighted by molar-refractivity contribution is -0.0593. The van der Waals surface area contributed by atoms with Crippen molar-refractivity contribution >= 4 is 22.9 Å². The van der Waals surface area contributed by atoms with Gasteiger partial charge in [0.15, 0.2) is 17.1 Å². The van der Waals surface area contributed by atoms with Crippen molar-refractivity contribution in [3.8, 4) is 5.88 Å². The molecule has 0 saturated carbocycles. The van der Waals surface area contributed by atoms with Crippen LogP contribution in [-0.2, 0) is 29.2 Å². The van der Waals surface area contributed by atoms with Crippen LogP contribution >= 0.6 is 0 Å². The number of Topliss-reactive ketones (excluding diaryl/α,β-unsaturated/α-hetero) is 1. The fourth-order valence-electron chi connectivity index (χ4n) is 5.57. The Balaban J connectivity index is 1.10. The summed E-state index contributed by atoms with van der Waals surface area (Å²) in [7, 11) is 1.35. The molecule has 4 aromatic rings. The Morgan fingerprint density at radius 1 is 1.05 bits per heavy atom. The van der Waals surface area contributed by atoms with Crippen molar-refractivity contribution in [1.82, 2.24) is 24.4 Å². The minimum Gasteiger partial charge on any atom is -0.473 e. The second kappa shape index (κ2) is 12.6. The first-order valence-electron chi connectivity index (χ1n) is 14.6. The predicted octanol–water partition coefficient (Wildman–Crippen LogP) is 4.70. The first-order chi connectivity index (χ1) is 20.9. The molecule has 1 aromatic carbocycles. The van der Waals surface area contributed by atoms with Gasteiger partial charge in [-0.1, -0.05) is 18.2 Å². The number of fused-ring (bicyclic) bond motifs is 1. The fraction of sp³-hybridized carbons (Fsp3) is 0.406. The number of pyridine rings is 2. The van der Waals surface area contributed by atoms with Gasteiger partial charge >= 0.3 is 5.97 Å². The second-order valence-corrected chi connectivity index (χ2v) is 11.1. The van der Waals surface area contributed by atoms with E-state index >= 15 is 0 Å². The molecule has 43 heavy (non-hydrogen) atoms. The van der Waals surface area contributed by atoms with Crippen LogP contribution in [-0.4, -0.2) is 69.1 Å². The highest BCUT2D eigenvalue weighted by Gasteiger charge is 2.27. The average molecular weight is 588 g/mol. The zero-order valence-electron chi connectivity index (χ0n) is 24.3. The van der Waals surface area contributed by atoms with Crippen LogP contribution in [0, 0.1) is 5.82 Å². The standard InChI is InChI=1S/C32H34FN5O5/c1-20(39)22-6-7-23(25(33)16-22)19-43-30-5-3-4-26(35-30)21-10-13-37(14-11-21)18-29-34-27-8-9-28(32(40)41-2)36-31(27)38(29)17-24-12-15-42-24/h3-9,16,21,24H,10-15,17-19H2,1-2H3. The van der Waals surface area contributed by atoms with E-state index in [0.717, 1.165) is 56.0 Å². The first kappa shape index (κ1) is 28.9. The molecule has 224 valence electrons. The number of ether oxygens (including phenoxy) is 3. The van der Waals surface area contributed by atoms with Crippen LogP contribution in [0.15, 0.2) is 48.5 Å². The number of ketones is 1. The SMILES string of the molecule is COC(=O)c1ccc2nc(CN3CCC(c4cccc(OCc5ccc(C(C)=O)cc5F)n4)CC3)n(CC3CCO3)c2n1. The molecule has 2 fully saturated rings. The second-order valence-electron chi connectivity index (χ2n) is 11.1. The molecular formula is C32H34FN5O5. The smallest absolute Gasteiger partial charge is 0.356 e. The van der Waals surface area contributed by atoms with E-state index in [1.54, 1.807) is 24.3 Å². The number of hydrogen-bond acceptors (Lipinski definition) is 9. The fourth-order valence-corrected chi connectivity index (χ4v) is 5.57. The molecule has 3 aromatic heterocycles. The van der Waals surface area contributed by atoms with Gasteiger partial charge in [-0.2, -0.15) is 0 Å². The number of nitrogens with zero attached hydrogens (tertiary/aromatic N) is 5. The molecule has 0 amide bonds. The van der Waals surface area contributed by atoms with E-state index in [1.807, 2.05) is 18.2 Å². The predicted molar refractivity (Wildman–Crippen MR) is 155 cm³/mol. The number of methoxy groups -OCH3 is 1. The molecule has 0 N–H and O–H groups in total. The van der Waals surface area contributed by atoms with Gasteiger partial charge in [0, 0.05) is 35.4 Å². The Bertz CT molecular complexity index is 1640. The molecular weight excluding hydrogens is 553 g/mol. The quantitative estimate of drug-likeness (QED) is 0.193. The molecule has 0 bridgehead atoms. The summed E-state index contributed by atoms with van der Waals surface area (Å²) in [5.41, 5.74) is 3.33. The Morgan fingerprint density at radius 3 is 2.56 bits per heavy atom. The molecule has 0 aliphatic carbocycles. The lowest BCUT2D eigenvalue weighted by Crippen LogP contribution is -2.35. The molecule has 1 atom stereocenters. The minimum absolute atomic E-state index is 0.0296. The number of benzene rings is 1. The van der Waals surface area contributed by atoms with Gasteiger partial charge < -0.3 is 18.8 Å². The number of likely N-dealkylation sites (tertiary alicyclic amines) is 1. The van der Waals surface area contributed by atoms with Crippen LogP contribution in [0.5, 0.6) is 5.88 Å². The Hall–Kier alpha value is -4.22. The molecule has 0 spiro atoms. The number of carbonyl (C=O) groups is 2. The van der Waals surface area contributed by atoms with E-state index in [4.69, 9.17) is 24.2 Å². The van der Waals surface area contributed by atoms with Gasteiger partial charge in [0.2, 0.25) is 5.88 Å². The number of halogens is 1. The van der Waals surface area contributed by atoms with Gasteiger partial charge in [0.25, 0.3) is 0 Å². The van der Waals surface area contributed by atoms with E-state index in [9.17, 15) is 14.0 Å². The van der Waals surface area contributed by atoms with Gasteiger partial charge in [0.1, 0.15) is 23.8 Å². The normalized spacial score (nSPS) is 17.5. The van der Waals surface area contributed by atoms with E-state index in [2.05, 4.69) is 14.5 Å². The van der Waals surface area contributed by atoms with Gasteiger partial charge in [-0.3, -0.25) is 9.69 Å². The van der Waals surface area contributed by atoms with Gasteiger partial charge in [-0.05, 0) is 63.5 Å². The van der Waals surface area contributed by atoms with Crippen LogP contribution in [0.25, 0.3) is 11.2 Å². The van der Waals surface area contributed by atoms with Crippen molar-refractivity contribution in [2.75, 3.05) is 26.8 Å². The zero-order chi connectivity index (χ0) is 29.9. The number of piperidine rings is 1. The van der Waals surface area contributed by atoms with Crippen molar-refractivity contribution < 1.29 is 28.2 Å². The first-order valence-corrected chi connectivity index (χ1v) is 14.6. The highest BCUT2D eigenvalue weighted by Crippen LogP contribution is 2.30. The largest absolute Gasteiger partial charge is 0.473 e. The summed E-state index contributed by atoms with van der Waals surface area (Å²) in [4.78, 5) is 40.2. The number of carbonyl (C=O) groups excluding carboxylic acids is 2. The number of imidazole rings is 1. The van der Waals surface area contributed by atoms with Crippen molar-refractivity contribution in [2.24, 2.45) is 0 Å². The lowest BCUT2D eigenvalue weighted by Gasteiger charge is -2.32. The molecule has 6 rings (SSSR count). The number of hydrogen-bond donors (Lipinski definition) is 0. The summed E-state index contributed by atoms with van der Waals surface area (Å²) in [5, 5.41) is 0. The summed E-state index contributed by atoms with van der Waals surface area (Å²) in [5.74, 6) is 0.496. The maximum atomic E-state index is 14.4. The summed E-state index contributed by atoms with van der Waals surface area (Å²) < 4.78 is 32.9. The summed E-state index contributed by atoms with van der Waals surface area (Å²) in [6.07, 6.45) is 2.95. The summed E-state index contributed by atoms with van der Waals surface area (Å²) in [6.45, 7) is 5.24. The van der Waals surface area contributed by atoms with E-state index < -0.39 is 11.8 Å². The van der Waals surface area contributed by atoms with Gasteiger partial charge in [0.05, 0.1) is 26.3 Å². The molecule has 2 saturated heterocycles. The average Bonchev–Trinajstić information content (AvgIpc) is 3.34. The lowest BCUT2D eigenvalue weighted by atomic mass is 9.93. The maximum absolute atomic E-state index is 14.4. The summed E-state index contributed by atoms with van der Waals surface area (Å²) in [6, 6.07) is 13.6. The summed E-state index contributed by atoms with van der Waals surface area (Å²) >= 11 is 0. The molecule has 5 heterocycles. The van der Waals surface area contributed by atoms with E-state index in [0.29, 0.717) is 35.7 Å².